The molecule has 0 atom stereocenters. The molecule has 0 saturated carbocycles. The Morgan fingerprint density at radius 2 is 1.50 bits per heavy atom. The van der Waals surface area contributed by atoms with E-state index in [4.69, 9.17) is 5.11 Å². The first-order valence-corrected chi connectivity index (χ1v) is 4.00. The lowest BCUT2D eigenvalue weighted by molar-refractivity contribution is -0.349. The van der Waals surface area contributed by atoms with Crippen molar-refractivity contribution >= 4 is 7.28 Å². The Bertz CT molecular complexity index is 276. The first-order valence-electron chi connectivity index (χ1n) is 4.00. The highest BCUT2D eigenvalue weighted by Gasteiger charge is 2.71. The number of allylic oxidation sites excluding steroid dienone is 2. The summed E-state index contributed by atoms with van der Waals surface area (Å²) in [7, 11) is 0.530. The van der Waals surface area contributed by atoms with Gasteiger partial charge in [-0.25, -0.2) is 0 Å². The van der Waals surface area contributed by atoms with Crippen LogP contribution < -0.4 is 0 Å². The van der Waals surface area contributed by atoms with E-state index in [9.17, 15) is 26.3 Å². The predicted octanol–water partition coefficient (Wildman–Crippen LogP) is 2.66. The molecule has 1 radical (unpaired) electrons. The molecule has 0 rings (SSSR count). The van der Waals surface area contributed by atoms with Gasteiger partial charge in [-0.15, -0.1) is 0 Å². The second-order valence-electron chi connectivity index (χ2n) is 2.85. The van der Waals surface area contributed by atoms with Gasteiger partial charge < -0.3 is 5.11 Å². The molecule has 0 fully saturated rings. The molecule has 0 bridgehead atoms. The van der Waals surface area contributed by atoms with Crippen molar-refractivity contribution in [3.63, 3.8) is 0 Å². The largest absolute Gasteiger partial charge is 0.429 e. The van der Waals surface area contributed by atoms with Crippen LogP contribution in [0.25, 0.3) is 0 Å². The van der Waals surface area contributed by atoms with Crippen molar-refractivity contribution in [1.29, 1.82) is 0 Å². The van der Waals surface area contributed by atoms with Crippen LogP contribution in [0.3, 0.4) is 0 Å². The van der Waals surface area contributed by atoms with Crippen LogP contribution >= 0.6 is 0 Å². The Balaban J connectivity index is 5.78. The van der Waals surface area contributed by atoms with Crippen molar-refractivity contribution in [3.05, 3.63) is 24.2 Å². The topological polar surface area (TPSA) is 20.2 Å². The molecule has 8 heteroatoms. The van der Waals surface area contributed by atoms with Crippen molar-refractivity contribution in [2.45, 2.75) is 24.8 Å². The van der Waals surface area contributed by atoms with Gasteiger partial charge in [0, 0.05) is 0 Å². The van der Waals surface area contributed by atoms with E-state index in [1.807, 2.05) is 0 Å². The molecule has 91 valence electrons. The van der Waals surface area contributed by atoms with Gasteiger partial charge in [0.25, 0.3) is 5.60 Å². The van der Waals surface area contributed by atoms with Crippen LogP contribution in [0.1, 0.15) is 0 Å². The summed E-state index contributed by atoms with van der Waals surface area (Å²) in [5, 5.41) is 8.88. The fourth-order valence-corrected chi connectivity index (χ4v) is 1.04. The molecule has 0 aliphatic carbocycles. The Kier molecular flexibility index (Phi) is 4.27. The molecule has 0 aromatic heterocycles. The monoisotopic (exact) mass is 245 g/mol. The smallest absolute Gasteiger partial charge is 0.370 e. The number of aliphatic hydroxyl groups is 1. The van der Waals surface area contributed by atoms with Crippen LogP contribution in [-0.4, -0.2) is 30.3 Å². The summed E-state index contributed by atoms with van der Waals surface area (Å²) in [6.07, 6.45) is -10.5. The Labute approximate surface area is 88.7 Å². The van der Waals surface area contributed by atoms with E-state index in [2.05, 4.69) is 6.58 Å². The van der Waals surface area contributed by atoms with Gasteiger partial charge >= 0.3 is 12.4 Å². The van der Waals surface area contributed by atoms with Crippen molar-refractivity contribution < 1.29 is 31.4 Å². The van der Waals surface area contributed by atoms with Gasteiger partial charge in [0.1, 0.15) is 7.28 Å². The van der Waals surface area contributed by atoms with Crippen molar-refractivity contribution in [2.75, 3.05) is 0 Å². The van der Waals surface area contributed by atoms with Gasteiger partial charge in [0.05, 0.1) is 0 Å². The molecule has 0 aromatic carbocycles. The molecule has 0 heterocycles. The first-order chi connectivity index (χ1) is 7.02. The maximum Gasteiger partial charge on any atom is 0.429 e. The van der Waals surface area contributed by atoms with E-state index in [1.54, 1.807) is 0 Å². The van der Waals surface area contributed by atoms with E-state index in [1.165, 1.54) is 0 Å². The van der Waals surface area contributed by atoms with Gasteiger partial charge in [0.15, 0.2) is 0 Å². The minimum absolute atomic E-state index is 0.459. The van der Waals surface area contributed by atoms with Gasteiger partial charge in [0.2, 0.25) is 0 Å². The summed E-state index contributed by atoms with van der Waals surface area (Å²) in [4.78, 5) is 0. The summed E-state index contributed by atoms with van der Waals surface area (Å²) in [5.41, 5.74) is -6.19. The molecule has 16 heavy (non-hydrogen) atoms. The Morgan fingerprint density at radius 1 is 1.12 bits per heavy atom. The number of hydrogen-bond donors (Lipinski definition) is 1. The Morgan fingerprint density at radius 3 is 1.69 bits per heavy atom. The summed E-state index contributed by atoms with van der Waals surface area (Å²) >= 11 is 0. The minimum Gasteiger partial charge on any atom is -0.370 e. The molecule has 1 N–H and O–H groups in total. The van der Waals surface area contributed by atoms with Gasteiger partial charge in [-0.1, -0.05) is 31.0 Å². The average Bonchev–Trinajstić information content (AvgIpc) is 2.09. The van der Waals surface area contributed by atoms with Crippen LogP contribution in [0.5, 0.6) is 0 Å². The molecule has 0 amide bonds. The van der Waals surface area contributed by atoms with Crippen LogP contribution in [0.2, 0.25) is 6.82 Å². The van der Waals surface area contributed by atoms with E-state index in [-0.39, 0.29) is 0 Å². The fraction of sp³-hybridized carbons (Fsp3) is 0.500. The highest BCUT2D eigenvalue weighted by Crippen LogP contribution is 2.47. The second-order valence-corrected chi connectivity index (χ2v) is 2.85. The van der Waals surface area contributed by atoms with Crippen molar-refractivity contribution in [1.82, 2.24) is 0 Å². The van der Waals surface area contributed by atoms with Crippen molar-refractivity contribution in [2.24, 2.45) is 0 Å². The lowest BCUT2D eigenvalue weighted by atomic mass is 9.63. The molecular weight excluding hydrogens is 237 g/mol. The molecule has 0 saturated heterocycles. The summed E-state index contributed by atoms with van der Waals surface area (Å²) in [5.74, 6) is 0. The maximum atomic E-state index is 12.3. The first kappa shape index (κ1) is 15.1. The highest BCUT2D eigenvalue weighted by molar-refractivity contribution is 6.44. The zero-order valence-electron chi connectivity index (χ0n) is 8.15. The minimum atomic E-state index is -5.85. The average molecular weight is 245 g/mol. The van der Waals surface area contributed by atoms with Crippen molar-refractivity contribution in [3.8, 4) is 0 Å². The number of halogens is 6. The quantitative estimate of drug-likeness (QED) is 0.460. The summed E-state index contributed by atoms with van der Waals surface area (Å²) < 4.78 is 73.8. The van der Waals surface area contributed by atoms with E-state index >= 15 is 0 Å². The van der Waals surface area contributed by atoms with Crippen LogP contribution in [0, 0.1) is 0 Å². The zero-order valence-corrected chi connectivity index (χ0v) is 8.15. The molecule has 0 aliphatic rings. The van der Waals surface area contributed by atoms with E-state index in [0.717, 1.165) is 12.9 Å². The van der Waals surface area contributed by atoms with Gasteiger partial charge in [-0.3, -0.25) is 0 Å². The van der Waals surface area contributed by atoms with Gasteiger partial charge in [-0.2, -0.15) is 26.3 Å². The number of rotatable bonds is 3. The normalized spacial score (nSPS) is 14.9. The SMILES string of the molecule is C=C/C=C(\[B]C)C(O)(C(F)(F)F)C(F)(F)F. The fourth-order valence-electron chi connectivity index (χ4n) is 1.04. The van der Waals surface area contributed by atoms with E-state index in [0.29, 0.717) is 13.4 Å². The summed E-state index contributed by atoms with van der Waals surface area (Å²) in [6.45, 7) is 3.94. The Hall–Kier alpha value is -0.915. The summed E-state index contributed by atoms with van der Waals surface area (Å²) in [6, 6.07) is 0. The molecule has 1 nitrogen and oxygen atoms in total. The predicted molar refractivity (Wildman–Crippen MR) is 47.0 cm³/mol. The third kappa shape index (κ3) is 2.42. The molecular formula is C8H8BF6O. The standard InChI is InChI=1S/C8H8BF6O/c1-3-4-5(9-2)6(16,7(10,11)12)8(13,14)15/h3-4,16H,1H2,2H3/b5-4-. The molecule has 0 aromatic rings. The maximum absolute atomic E-state index is 12.3. The van der Waals surface area contributed by atoms with Crippen LogP contribution in [-0.2, 0) is 0 Å². The number of hydrogen-bond acceptors (Lipinski definition) is 1. The lowest BCUT2D eigenvalue weighted by Crippen LogP contribution is -2.59. The van der Waals surface area contributed by atoms with Crippen LogP contribution in [0.15, 0.2) is 24.2 Å². The molecule has 0 aliphatic heterocycles. The second kappa shape index (κ2) is 4.53. The van der Waals surface area contributed by atoms with E-state index < -0.39 is 23.4 Å². The third-order valence-electron chi connectivity index (χ3n) is 1.85. The number of alkyl halides is 6. The van der Waals surface area contributed by atoms with Crippen LogP contribution in [0.4, 0.5) is 26.3 Å². The zero-order chi connectivity index (χ0) is 13.2. The lowest BCUT2D eigenvalue weighted by Gasteiger charge is -2.34. The third-order valence-corrected chi connectivity index (χ3v) is 1.85. The molecule has 0 unspecified atom stereocenters. The van der Waals surface area contributed by atoms with Gasteiger partial charge in [-0.05, 0) is 0 Å². The highest BCUT2D eigenvalue weighted by atomic mass is 19.4. The molecule has 0 spiro atoms.